The number of hydrogen-bond acceptors (Lipinski definition) is 6. The van der Waals surface area contributed by atoms with Gasteiger partial charge in [-0.1, -0.05) is 36.4 Å². The van der Waals surface area contributed by atoms with E-state index in [1.807, 2.05) is 0 Å². The Morgan fingerprint density at radius 1 is 1.00 bits per heavy atom. The third kappa shape index (κ3) is 5.19. The Kier molecular flexibility index (Phi) is 6.36. The summed E-state index contributed by atoms with van der Waals surface area (Å²) in [6.45, 7) is 1.89. The van der Waals surface area contributed by atoms with Crippen molar-refractivity contribution in [3.8, 4) is 17.2 Å². The first-order valence-corrected chi connectivity index (χ1v) is 10.1. The SMILES string of the molecule is Cc1cccc(C=NNC(=O)C(=Cc2ccc3c(c2)OCO3)NC(=O)c2ccccc2)c1O. The van der Waals surface area contributed by atoms with Gasteiger partial charge in [-0.05, 0) is 54.5 Å². The summed E-state index contributed by atoms with van der Waals surface area (Å²) < 4.78 is 10.7. The molecule has 8 heteroatoms. The summed E-state index contributed by atoms with van der Waals surface area (Å²) in [7, 11) is 0. The zero-order chi connectivity index (χ0) is 23.2. The summed E-state index contributed by atoms with van der Waals surface area (Å²) in [5.41, 5.74) is 4.52. The molecule has 3 N–H and O–H groups in total. The summed E-state index contributed by atoms with van der Waals surface area (Å²) in [4.78, 5) is 25.5. The van der Waals surface area contributed by atoms with Crippen molar-refractivity contribution in [2.45, 2.75) is 6.92 Å². The zero-order valence-electron chi connectivity index (χ0n) is 17.7. The quantitative estimate of drug-likeness (QED) is 0.308. The van der Waals surface area contributed by atoms with Gasteiger partial charge in [-0.15, -0.1) is 0 Å². The van der Waals surface area contributed by atoms with Gasteiger partial charge >= 0.3 is 0 Å². The number of carbonyl (C=O) groups excluding carboxylic acids is 2. The van der Waals surface area contributed by atoms with E-state index in [-0.39, 0.29) is 18.2 Å². The molecule has 1 aliphatic rings. The van der Waals surface area contributed by atoms with Crippen molar-refractivity contribution in [2.24, 2.45) is 5.10 Å². The molecule has 0 aromatic heterocycles. The fourth-order valence-corrected chi connectivity index (χ4v) is 3.12. The summed E-state index contributed by atoms with van der Waals surface area (Å²) in [5, 5.41) is 16.7. The number of para-hydroxylation sites is 1. The first kappa shape index (κ1) is 21.6. The number of hydrogen-bond donors (Lipinski definition) is 3. The van der Waals surface area contributed by atoms with E-state index in [4.69, 9.17) is 9.47 Å². The van der Waals surface area contributed by atoms with E-state index >= 15 is 0 Å². The van der Waals surface area contributed by atoms with Crippen molar-refractivity contribution in [1.29, 1.82) is 0 Å². The van der Waals surface area contributed by atoms with Gasteiger partial charge in [0.2, 0.25) is 6.79 Å². The molecule has 3 aromatic carbocycles. The molecule has 0 unspecified atom stereocenters. The van der Waals surface area contributed by atoms with Gasteiger partial charge in [-0.2, -0.15) is 5.10 Å². The van der Waals surface area contributed by atoms with Gasteiger partial charge < -0.3 is 19.9 Å². The second-order valence-electron chi connectivity index (χ2n) is 7.20. The fourth-order valence-electron chi connectivity index (χ4n) is 3.12. The van der Waals surface area contributed by atoms with E-state index in [0.717, 1.165) is 0 Å². The Morgan fingerprint density at radius 2 is 1.79 bits per heavy atom. The lowest BCUT2D eigenvalue weighted by Gasteiger charge is -2.09. The highest BCUT2D eigenvalue weighted by molar-refractivity contribution is 6.05. The van der Waals surface area contributed by atoms with Gasteiger partial charge in [0.05, 0.1) is 6.21 Å². The van der Waals surface area contributed by atoms with Crippen LogP contribution >= 0.6 is 0 Å². The Balaban J connectivity index is 1.57. The number of nitrogens with one attached hydrogen (secondary N) is 2. The van der Waals surface area contributed by atoms with Crippen LogP contribution in [0.2, 0.25) is 0 Å². The maximum absolute atomic E-state index is 12.9. The number of rotatable bonds is 6. The van der Waals surface area contributed by atoms with E-state index in [0.29, 0.717) is 33.8 Å². The lowest BCUT2D eigenvalue weighted by Crippen LogP contribution is -2.32. The zero-order valence-corrected chi connectivity index (χ0v) is 17.7. The van der Waals surface area contributed by atoms with Crippen LogP contribution in [0, 0.1) is 6.92 Å². The standard InChI is InChI=1S/C25H21N3O5/c1-16-6-5-9-19(23(16)29)14-26-28-25(31)20(27-24(30)18-7-3-2-4-8-18)12-17-10-11-21-22(13-17)33-15-32-21/h2-14,29H,15H2,1H3,(H,27,30)(H,28,31). The van der Waals surface area contributed by atoms with Gasteiger partial charge in [0.15, 0.2) is 11.5 Å². The molecule has 0 saturated carbocycles. The van der Waals surface area contributed by atoms with E-state index in [9.17, 15) is 14.7 Å². The highest BCUT2D eigenvalue weighted by atomic mass is 16.7. The predicted octanol–water partition coefficient (Wildman–Crippen LogP) is 3.35. The maximum Gasteiger partial charge on any atom is 0.287 e. The number of aromatic hydroxyl groups is 1. The van der Waals surface area contributed by atoms with Crippen LogP contribution in [0.4, 0.5) is 0 Å². The molecule has 0 saturated heterocycles. The summed E-state index contributed by atoms with van der Waals surface area (Å²) in [6, 6.07) is 18.9. The van der Waals surface area contributed by atoms with Crippen LogP contribution in [0.15, 0.2) is 77.5 Å². The monoisotopic (exact) mass is 443 g/mol. The molecule has 1 heterocycles. The third-order valence-electron chi connectivity index (χ3n) is 4.88. The number of carbonyl (C=O) groups is 2. The van der Waals surface area contributed by atoms with E-state index in [2.05, 4.69) is 15.8 Å². The van der Waals surface area contributed by atoms with E-state index in [1.54, 1.807) is 73.7 Å². The maximum atomic E-state index is 12.9. The summed E-state index contributed by atoms with van der Waals surface area (Å²) >= 11 is 0. The molecule has 0 fully saturated rings. The average Bonchev–Trinajstić information content (AvgIpc) is 3.30. The topological polar surface area (TPSA) is 109 Å². The molecular formula is C25H21N3O5. The minimum atomic E-state index is -0.639. The molecule has 0 spiro atoms. The van der Waals surface area contributed by atoms with Crippen LogP contribution in [-0.2, 0) is 4.79 Å². The number of fused-ring (bicyclic) bond motifs is 1. The van der Waals surface area contributed by atoms with E-state index in [1.165, 1.54) is 12.3 Å². The van der Waals surface area contributed by atoms with Gasteiger partial charge in [-0.25, -0.2) is 5.43 Å². The Morgan fingerprint density at radius 3 is 2.61 bits per heavy atom. The Bertz CT molecular complexity index is 1250. The second-order valence-corrected chi connectivity index (χ2v) is 7.20. The molecule has 2 amide bonds. The molecule has 0 atom stereocenters. The van der Waals surface area contributed by atoms with Crippen molar-refractivity contribution in [1.82, 2.24) is 10.7 Å². The molecule has 0 bridgehead atoms. The Labute approximate surface area is 190 Å². The van der Waals surface area contributed by atoms with Gasteiger partial charge in [-0.3, -0.25) is 9.59 Å². The molecule has 1 aliphatic heterocycles. The van der Waals surface area contributed by atoms with Crippen LogP contribution in [0.25, 0.3) is 6.08 Å². The van der Waals surface area contributed by atoms with Crippen LogP contribution in [0.1, 0.15) is 27.0 Å². The highest BCUT2D eigenvalue weighted by Crippen LogP contribution is 2.33. The number of ether oxygens (including phenoxy) is 2. The molecule has 0 radical (unpaired) electrons. The van der Waals surface area contributed by atoms with Crippen LogP contribution in [0.5, 0.6) is 17.2 Å². The molecule has 166 valence electrons. The largest absolute Gasteiger partial charge is 0.507 e. The number of phenolic OH excluding ortho intramolecular Hbond substituents is 1. The normalized spacial score (nSPS) is 12.6. The number of aryl methyl sites for hydroxylation is 1. The number of phenols is 1. The van der Waals surface area contributed by atoms with Gasteiger partial charge in [0.25, 0.3) is 11.8 Å². The molecule has 0 aliphatic carbocycles. The van der Waals surface area contributed by atoms with Crippen molar-refractivity contribution < 1.29 is 24.2 Å². The van der Waals surface area contributed by atoms with Crippen molar-refractivity contribution in [2.75, 3.05) is 6.79 Å². The smallest absolute Gasteiger partial charge is 0.287 e. The van der Waals surface area contributed by atoms with Crippen molar-refractivity contribution in [3.05, 3.63) is 94.7 Å². The van der Waals surface area contributed by atoms with Gasteiger partial charge in [0, 0.05) is 11.1 Å². The number of amides is 2. The number of nitrogens with zero attached hydrogens (tertiary/aromatic N) is 1. The minimum Gasteiger partial charge on any atom is -0.507 e. The minimum absolute atomic E-state index is 0.0201. The van der Waals surface area contributed by atoms with E-state index < -0.39 is 11.8 Å². The molecule has 4 rings (SSSR count). The lowest BCUT2D eigenvalue weighted by molar-refractivity contribution is -0.117. The highest BCUT2D eigenvalue weighted by Gasteiger charge is 2.17. The van der Waals surface area contributed by atoms with Gasteiger partial charge in [0.1, 0.15) is 11.4 Å². The van der Waals surface area contributed by atoms with Crippen LogP contribution < -0.4 is 20.2 Å². The number of benzene rings is 3. The molecular weight excluding hydrogens is 422 g/mol. The summed E-state index contributed by atoms with van der Waals surface area (Å²) in [5.74, 6) is 0.141. The fraction of sp³-hybridized carbons (Fsp3) is 0.0800. The first-order chi connectivity index (χ1) is 16.0. The van der Waals surface area contributed by atoms with Crippen molar-refractivity contribution >= 4 is 24.1 Å². The first-order valence-electron chi connectivity index (χ1n) is 10.1. The Hall–Kier alpha value is -4.59. The average molecular weight is 443 g/mol. The third-order valence-corrected chi connectivity index (χ3v) is 4.88. The molecule has 33 heavy (non-hydrogen) atoms. The lowest BCUT2D eigenvalue weighted by atomic mass is 10.1. The molecule has 8 nitrogen and oxygen atoms in total. The number of hydrazone groups is 1. The second kappa shape index (κ2) is 9.69. The van der Waals surface area contributed by atoms with Crippen molar-refractivity contribution in [3.63, 3.8) is 0 Å². The summed E-state index contributed by atoms with van der Waals surface area (Å²) in [6.07, 6.45) is 2.84. The van der Waals surface area contributed by atoms with Crippen LogP contribution in [-0.4, -0.2) is 29.9 Å². The molecule has 3 aromatic rings. The predicted molar refractivity (Wildman–Crippen MR) is 123 cm³/mol. The van der Waals surface area contributed by atoms with Crippen LogP contribution in [0.3, 0.4) is 0 Å².